The molecule has 0 atom stereocenters. The minimum atomic E-state index is -0.0136. The van der Waals surface area contributed by atoms with Crippen LogP contribution in [0.15, 0.2) is 36.7 Å². The fourth-order valence-electron chi connectivity index (χ4n) is 3.06. The molecule has 1 saturated heterocycles. The lowest BCUT2D eigenvalue weighted by Gasteiger charge is -2.31. The van der Waals surface area contributed by atoms with E-state index in [1.807, 2.05) is 4.90 Å². The Morgan fingerprint density at radius 1 is 1.21 bits per heavy atom. The predicted molar refractivity (Wildman–Crippen MR) is 92.0 cm³/mol. The lowest BCUT2D eigenvalue weighted by Crippen LogP contribution is -2.40. The van der Waals surface area contributed by atoms with Crippen molar-refractivity contribution in [3.8, 4) is 0 Å². The van der Waals surface area contributed by atoms with Crippen molar-refractivity contribution >= 4 is 23.3 Å². The van der Waals surface area contributed by atoms with Crippen molar-refractivity contribution in [2.75, 3.05) is 13.1 Å². The Bertz CT molecular complexity index is 690. The van der Waals surface area contributed by atoms with Gasteiger partial charge in [0.05, 0.1) is 0 Å². The topological polar surface area (TPSA) is 66.1 Å². The average molecular weight is 346 g/mol. The van der Waals surface area contributed by atoms with Crippen LogP contribution in [0.5, 0.6) is 0 Å². The molecule has 24 heavy (non-hydrogen) atoms. The molecule has 0 aliphatic carbocycles. The van der Waals surface area contributed by atoms with Crippen LogP contribution in [-0.2, 0) is 11.2 Å². The summed E-state index contributed by atoms with van der Waals surface area (Å²) in [6, 6.07) is 7.02. The number of aromatic nitrogens is 2. The number of Topliss-reactive ketones (excluding diaryl/α,β-unsaturated/α-hetero) is 1. The van der Waals surface area contributed by atoms with Gasteiger partial charge in [-0.2, -0.15) is 0 Å². The van der Waals surface area contributed by atoms with Crippen LogP contribution in [0.4, 0.5) is 0 Å². The third-order valence-corrected chi connectivity index (χ3v) is 4.73. The number of carbonyl (C=O) groups excluding carboxylic acids is 2. The number of benzene rings is 1. The van der Waals surface area contributed by atoms with E-state index < -0.39 is 0 Å². The maximum atomic E-state index is 12.5. The maximum Gasteiger partial charge on any atom is 0.223 e. The molecule has 2 heterocycles. The molecule has 5 nitrogen and oxygen atoms in total. The first-order chi connectivity index (χ1) is 11.6. The summed E-state index contributed by atoms with van der Waals surface area (Å²) in [4.78, 5) is 33.8. The number of H-pyrrole nitrogens is 1. The van der Waals surface area contributed by atoms with E-state index in [1.165, 1.54) is 0 Å². The van der Waals surface area contributed by atoms with Crippen molar-refractivity contribution < 1.29 is 9.59 Å². The smallest absolute Gasteiger partial charge is 0.223 e. The number of rotatable bonds is 5. The molecule has 0 spiro atoms. The lowest BCUT2D eigenvalue weighted by atomic mass is 9.89. The number of nitrogens with zero attached hydrogens (tertiary/aromatic N) is 2. The van der Waals surface area contributed by atoms with Crippen LogP contribution in [0.2, 0.25) is 5.02 Å². The molecule has 2 aromatic rings. The van der Waals surface area contributed by atoms with Crippen molar-refractivity contribution in [2.45, 2.75) is 25.7 Å². The van der Waals surface area contributed by atoms with E-state index in [0.29, 0.717) is 49.4 Å². The summed E-state index contributed by atoms with van der Waals surface area (Å²) in [6.07, 6.45) is 5.95. The van der Waals surface area contributed by atoms with Crippen molar-refractivity contribution in [3.63, 3.8) is 0 Å². The molecular formula is C18H20ClN3O2. The Kier molecular flexibility index (Phi) is 5.30. The van der Waals surface area contributed by atoms with E-state index in [2.05, 4.69) is 9.97 Å². The van der Waals surface area contributed by atoms with Gasteiger partial charge in [0.15, 0.2) is 5.78 Å². The van der Waals surface area contributed by atoms with Gasteiger partial charge in [-0.25, -0.2) is 4.98 Å². The minimum Gasteiger partial charge on any atom is -0.349 e. The Morgan fingerprint density at radius 3 is 2.54 bits per heavy atom. The Balaban J connectivity index is 1.49. The molecule has 1 aromatic heterocycles. The fraction of sp³-hybridized carbons (Fsp3) is 0.389. The largest absolute Gasteiger partial charge is 0.349 e. The first kappa shape index (κ1) is 16.7. The number of carbonyl (C=O) groups is 2. The number of imidazole rings is 1. The molecule has 0 saturated carbocycles. The molecule has 3 rings (SSSR count). The third kappa shape index (κ3) is 4.03. The standard InChI is InChI=1S/C18H20ClN3O2/c19-15-3-1-13(2-4-15)18(24)14-7-11-22(12-8-14)17(23)6-5-16-20-9-10-21-16/h1-4,9-10,14H,5-8,11-12H2,(H,20,21). The lowest BCUT2D eigenvalue weighted by molar-refractivity contribution is -0.132. The van der Waals surface area contributed by atoms with Gasteiger partial charge in [-0.15, -0.1) is 0 Å². The van der Waals surface area contributed by atoms with E-state index in [0.717, 1.165) is 5.82 Å². The second-order valence-corrected chi connectivity index (χ2v) is 6.50. The summed E-state index contributed by atoms with van der Waals surface area (Å²) >= 11 is 5.86. The van der Waals surface area contributed by atoms with Crippen molar-refractivity contribution in [1.82, 2.24) is 14.9 Å². The van der Waals surface area contributed by atoms with Crippen LogP contribution >= 0.6 is 11.6 Å². The highest BCUT2D eigenvalue weighted by Gasteiger charge is 2.27. The van der Waals surface area contributed by atoms with Gasteiger partial charge in [0.25, 0.3) is 0 Å². The number of aryl methyl sites for hydroxylation is 1. The number of amides is 1. The quantitative estimate of drug-likeness (QED) is 0.847. The van der Waals surface area contributed by atoms with Crippen molar-refractivity contribution in [1.29, 1.82) is 0 Å². The monoisotopic (exact) mass is 345 g/mol. The van der Waals surface area contributed by atoms with Gasteiger partial charge in [-0.3, -0.25) is 9.59 Å². The second-order valence-electron chi connectivity index (χ2n) is 6.06. The zero-order valence-corrected chi connectivity index (χ0v) is 14.1. The van der Waals surface area contributed by atoms with E-state index >= 15 is 0 Å². The second kappa shape index (κ2) is 7.62. The molecule has 1 aliphatic heterocycles. The van der Waals surface area contributed by atoms with Gasteiger partial charge >= 0.3 is 0 Å². The molecule has 1 aromatic carbocycles. The molecule has 1 aliphatic rings. The fourth-order valence-corrected chi connectivity index (χ4v) is 3.19. The molecule has 126 valence electrons. The molecule has 1 N–H and O–H groups in total. The van der Waals surface area contributed by atoms with Crippen LogP contribution in [-0.4, -0.2) is 39.6 Å². The number of likely N-dealkylation sites (tertiary alicyclic amines) is 1. The first-order valence-electron chi connectivity index (χ1n) is 8.19. The Morgan fingerprint density at radius 2 is 1.92 bits per heavy atom. The van der Waals surface area contributed by atoms with Gasteiger partial charge in [0.1, 0.15) is 5.82 Å². The molecule has 0 bridgehead atoms. The summed E-state index contributed by atoms with van der Waals surface area (Å²) in [5, 5.41) is 0.628. The average Bonchev–Trinajstić information content (AvgIpc) is 3.13. The molecule has 0 radical (unpaired) electrons. The minimum absolute atomic E-state index is 0.0136. The van der Waals surface area contributed by atoms with Crippen LogP contribution < -0.4 is 0 Å². The Hall–Kier alpha value is -2.14. The van der Waals surface area contributed by atoms with Gasteiger partial charge < -0.3 is 9.88 Å². The predicted octanol–water partition coefficient (Wildman–Crippen LogP) is 3.12. The molecule has 1 amide bonds. The Labute approximate surface area is 146 Å². The summed E-state index contributed by atoms with van der Waals surface area (Å²) in [5.74, 6) is 1.09. The summed E-state index contributed by atoms with van der Waals surface area (Å²) in [5.41, 5.74) is 0.696. The molecule has 1 fully saturated rings. The molecular weight excluding hydrogens is 326 g/mol. The van der Waals surface area contributed by atoms with Crippen LogP contribution in [0.25, 0.3) is 0 Å². The summed E-state index contributed by atoms with van der Waals surface area (Å²) in [6.45, 7) is 1.28. The van der Waals surface area contributed by atoms with Gasteiger partial charge in [0.2, 0.25) is 5.91 Å². The zero-order valence-electron chi connectivity index (χ0n) is 13.4. The van der Waals surface area contributed by atoms with E-state index in [1.54, 1.807) is 36.7 Å². The van der Waals surface area contributed by atoms with E-state index in [9.17, 15) is 9.59 Å². The van der Waals surface area contributed by atoms with E-state index in [4.69, 9.17) is 11.6 Å². The number of piperidine rings is 1. The third-order valence-electron chi connectivity index (χ3n) is 4.48. The molecule has 0 unspecified atom stereocenters. The summed E-state index contributed by atoms with van der Waals surface area (Å²) < 4.78 is 0. The van der Waals surface area contributed by atoms with Crippen LogP contribution in [0.1, 0.15) is 35.4 Å². The first-order valence-corrected chi connectivity index (χ1v) is 8.57. The van der Waals surface area contributed by atoms with Crippen molar-refractivity contribution in [3.05, 3.63) is 53.1 Å². The highest BCUT2D eigenvalue weighted by Crippen LogP contribution is 2.23. The highest BCUT2D eigenvalue weighted by molar-refractivity contribution is 6.30. The van der Waals surface area contributed by atoms with Gasteiger partial charge in [-0.05, 0) is 37.1 Å². The zero-order chi connectivity index (χ0) is 16.9. The highest BCUT2D eigenvalue weighted by atomic mass is 35.5. The normalized spacial score (nSPS) is 15.5. The van der Waals surface area contributed by atoms with Crippen molar-refractivity contribution in [2.24, 2.45) is 5.92 Å². The van der Waals surface area contributed by atoms with Crippen LogP contribution in [0.3, 0.4) is 0 Å². The van der Waals surface area contributed by atoms with Gasteiger partial charge in [0, 0.05) is 54.8 Å². The summed E-state index contributed by atoms with van der Waals surface area (Å²) in [7, 11) is 0. The number of aromatic amines is 1. The molecule has 6 heteroatoms. The number of nitrogens with one attached hydrogen (secondary N) is 1. The SMILES string of the molecule is O=C(c1ccc(Cl)cc1)C1CCN(C(=O)CCc2ncc[nH]2)CC1. The van der Waals surface area contributed by atoms with E-state index in [-0.39, 0.29) is 17.6 Å². The van der Waals surface area contributed by atoms with Crippen LogP contribution in [0, 0.1) is 5.92 Å². The van der Waals surface area contributed by atoms with Gasteiger partial charge in [-0.1, -0.05) is 11.6 Å². The maximum absolute atomic E-state index is 12.5. The number of hydrogen-bond acceptors (Lipinski definition) is 3. The number of halogens is 1. The number of hydrogen-bond donors (Lipinski definition) is 1. The number of ketones is 1.